The number of likely N-dealkylation sites (N-methyl/N-ethyl adjacent to an activating group) is 1. The van der Waals surface area contributed by atoms with Gasteiger partial charge in [-0.15, -0.1) is 11.3 Å². The summed E-state index contributed by atoms with van der Waals surface area (Å²) in [6.45, 7) is 8.60. The standard InChI is InChI=1S/C20H25N3OS/c1-3-23(4-2)12-11-22-16-10-9-14(13-21)20-18(16)19(24)15-7-5-6-8-17(15)25-20/h5-10,22H,3-4,11-13,21H2,1-2H3/i13+2. The predicted molar refractivity (Wildman–Crippen MR) is 110 cm³/mol. The van der Waals surface area contributed by atoms with Gasteiger partial charge in [0.25, 0.3) is 0 Å². The zero-order valence-electron chi connectivity index (χ0n) is 14.8. The van der Waals surface area contributed by atoms with Crippen LogP contribution in [-0.2, 0) is 6.54 Å². The third kappa shape index (κ3) is 3.54. The zero-order chi connectivity index (χ0) is 17.8. The molecule has 3 aromatic rings. The van der Waals surface area contributed by atoms with Crippen molar-refractivity contribution >= 4 is 37.2 Å². The third-order valence-corrected chi connectivity index (χ3v) is 5.91. The van der Waals surface area contributed by atoms with Crippen LogP contribution < -0.4 is 16.5 Å². The highest BCUT2D eigenvalue weighted by Gasteiger charge is 2.13. The van der Waals surface area contributed by atoms with Gasteiger partial charge in [-0.1, -0.05) is 32.0 Å². The van der Waals surface area contributed by atoms with Crippen molar-refractivity contribution in [3.05, 3.63) is 52.2 Å². The number of hydrogen-bond acceptors (Lipinski definition) is 5. The van der Waals surface area contributed by atoms with Gasteiger partial charge in [0.2, 0.25) is 0 Å². The SMILES string of the molecule is CCN(CC)CCNc1ccc([14CH2]N)c2sc3ccccc3c(=O)c12. The van der Waals surface area contributed by atoms with Crippen LogP contribution in [0.15, 0.2) is 41.2 Å². The Bertz CT molecular complexity index is 931. The average molecular weight is 357 g/mol. The summed E-state index contributed by atoms with van der Waals surface area (Å²) >= 11 is 1.65. The second kappa shape index (κ2) is 7.95. The van der Waals surface area contributed by atoms with Gasteiger partial charge >= 0.3 is 0 Å². The van der Waals surface area contributed by atoms with E-state index in [0.717, 1.165) is 57.6 Å². The van der Waals surface area contributed by atoms with E-state index in [1.54, 1.807) is 11.3 Å². The Hall–Kier alpha value is -1.95. The first kappa shape index (κ1) is 17.9. The summed E-state index contributed by atoms with van der Waals surface area (Å²) in [6, 6.07) is 11.8. The van der Waals surface area contributed by atoms with Crippen molar-refractivity contribution in [1.29, 1.82) is 0 Å². The lowest BCUT2D eigenvalue weighted by Gasteiger charge is -2.19. The second-order valence-corrected chi connectivity index (χ2v) is 7.11. The first-order valence-electron chi connectivity index (χ1n) is 8.83. The number of nitrogens with one attached hydrogen (secondary N) is 1. The molecule has 0 amide bonds. The lowest BCUT2D eigenvalue weighted by molar-refractivity contribution is 0.316. The molecule has 0 aliphatic heterocycles. The van der Waals surface area contributed by atoms with E-state index in [9.17, 15) is 4.79 Å². The highest BCUT2D eigenvalue weighted by molar-refractivity contribution is 7.24. The Morgan fingerprint density at radius 1 is 1.16 bits per heavy atom. The molecule has 5 heteroatoms. The number of hydrogen-bond donors (Lipinski definition) is 2. The molecule has 2 aromatic carbocycles. The molecule has 1 aromatic heterocycles. The summed E-state index contributed by atoms with van der Waals surface area (Å²) in [6.07, 6.45) is 0. The number of nitrogens with two attached hydrogens (primary N) is 1. The van der Waals surface area contributed by atoms with Crippen LogP contribution >= 0.6 is 11.3 Å². The molecule has 0 radical (unpaired) electrons. The van der Waals surface area contributed by atoms with Gasteiger partial charge in [0, 0.05) is 40.1 Å². The minimum absolute atomic E-state index is 0.0880. The summed E-state index contributed by atoms with van der Waals surface area (Å²) in [5.41, 5.74) is 7.94. The van der Waals surface area contributed by atoms with Crippen molar-refractivity contribution in [3.63, 3.8) is 0 Å². The van der Waals surface area contributed by atoms with Crippen LogP contribution in [0.3, 0.4) is 0 Å². The molecular weight excluding hydrogens is 332 g/mol. The van der Waals surface area contributed by atoms with Gasteiger partial charge in [0.15, 0.2) is 5.43 Å². The van der Waals surface area contributed by atoms with Gasteiger partial charge in [-0.3, -0.25) is 4.79 Å². The summed E-state index contributed by atoms with van der Waals surface area (Å²) in [4.78, 5) is 15.5. The third-order valence-electron chi connectivity index (χ3n) is 4.67. The monoisotopic (exact) mass is 357 g/mol. The lowest BCUT2D eigenvalue weighted by atomic mass is 10.1. The maximum atomic E-state index is 13.1. The molecule has 0 atom stereocenters. The summed E-state index contributed by atoms with van der Waals surface area (Å²) in [7, 11) is 0. The van der Waals surface area contributed by atoms with E-state index in [2.05, 4.69) is 24.1 Å². The van der Waals surface area contributed by atoms with Crippen LogP contribution in [-0.4, -0.2) is 31.1 Å². The van der Waals surface area contributed by atoms with E-state index >= 15 is 0 Å². The van der Waals surface area contributed by atoms with E-state index in [4.69, 9.17) is 5.73 Å². The van der Waals surface area contributed by atoms with Gasteiger partial charge < -0.3 is 16.0 Å². The smallest absolute Gasteiger partial charge is 0.197 e. The van der Waals surface area contributed by atoms with Gasteiger partial charge in [-0.2, -0.15) is 0 Å². The fourth-order valence-corrected chi connectivity index (χ4v) is 4.38. The van der Waals surface area contributed by atoms with Crippen LogP contribution in [0.4, 0.5) is 5.69 Å². The molecule has 0 unspecified atom stereocenters. The average Bonchev–Trinajstić information content (AvgIpc) is 2.65. The molecule has 1 heterocycles. The number of benzene rings is 2. The molecule has 4 nitrogen and oxygen atoms in total. The normalized spacial score (nSPS) is 11.5. The van der Waals surface area contributed by atoms with Crippen LogP contribution in [0, 0.1) is 0 Å². The summed E-state index contributed by atoms with van der Waals surface area (Å²) < 4.78 is 2.01. The fraction of sp³-hybridized carbons (Fsp3) is 0.350. The fourth-order valence-electron chi connectivity index (χ4n) is 3.15. The molecule has 0 spiro atoms. The van der Waals surface area contributed by atoms with Gasteiger partial charge in [-0.05, 0) is 36.9 Å². The van der Waals surface area contributed by atoms with Crippen molar-refractivity contribution in [2.24, 2.45) is 5.73 Å². The highest BCUT2D eigenvalue weighted by atomic mass is 32.1. The maximum Gasteiger partial charge on any atom is 0.197 e. The number of anilines is 1. The molecule has 0 fully saturated rings. The minimum Gasteiger partial charge on any atom is -0.383 e. The zero-order valence-corrected chi connectivity index (χ0v) is 15.7. The Morgan fingerprint density at radius 3 is 2.64 bits per heavy atom. The van der Waals surface area contributed by atoms with Crippen LogP contribution in [0.5, 0.6) is 0 Å². The molecular formula is C20H25N3OS. The van der Waals surface area contributed by atoms with Crippen molar-refractivity contribution in [1.82, 2.24) is 4.90 Å². The molecule has 0 aliphatic carbocycles. The van der Waals surface area contributed by atoms with Gasteiger partial charge in [0.05, 0.1) is 5.39 Å². The van der Waals surface area contributed by atoms with Crippen molar-refractivity contribution < 1.29 is 0 Å². The molecule has 0 saturated carbocycles. The topological polar surface area (TPSA) is 58.4 Å². The number of rotatable bonds is 7. The quantitative estimate of drug-likeness (QED) is 0.634. The van der Waals surface area contributed by atoms with E-state index in [1.807, 2.05) is 36.4 Å². The molecule has 0 bridgehead atoms. The first-order chi connectivity index (χ1) is 12.2. The van der Waals surface area contributed by atoms with Crippen molar-refractivity contribution in [2.75, 3.05) is 31.5 Å². The molecule has 0 saturated heterocycles. The minimum atomic E-state index is 0.0880. The van der Waals surface area contributed by atoms with Crippen LogP contribution in [0.25, 0.3) is 20.2 Å². The van der Waals surface area contributed by atoms with Crippen LogP contribution in [0.1, 0.15) is 19.4 Å². The molecule has 25 heavy (non-hydrogen) atoms. The Morgan fingerprint density at radius 2 is 1.92 bits per heavy atom. The van der Waals surface area contributed by atoms with Gasteiger partial charge in [-0.25, -0.2) is 0 Å². The maximum absolute atomic E-state index is 13.1. The Balaban J connectivity index is 2.07. The Labute approximate surface area is 152 Å². The molecule has 3 N–H and O–H groups in total. The van der Waals surface area contributed by atoms with Gasteiger partial charge in [0.1, 0.15) is 0 Å². The van der Waals surface area contributed by atoms with Crippen molar-refractivity contribution in [2.45, 2.75) is 20.4 Å². The highest BCUT2D eigenvalue weighted by Crippen LogP contribution is 2.31. The summed E-state index contributed by atoms with van der Waals surface area (Å²) in [5.74, 6) is 0. The van der Waals surface area contributed by atoms with E-state index in [-0.39, 0.29) is 5.43 Å². The largest absolute Gasteiger partial charge is 0.383 e. The van der Waals surface area contributed by atoms with Crippen LogP contribution in [0.2, 0.25) is 0 Å². The number of nitrogens with zero attached hydrogens (tertiary/aromatic N) is 1. The molecule has 0 aliphatic rings. The summed E-state index contributed by atoms with van der Waals surface area (Å²) in [5, 5.41) is 5.02. The first-order valence-corrected chi connectivity index (χ1v) is 9.65. The van der Waals surface area contributed by atoms with E-state index in [0.29, 0.717) is 6.54 Å². The number of fused-ring (bicyclic) bond motifs is 2. The van der Waals surface area contributed by atoms with Crippen molar-refractivity contribution in [3.8, 4) is 0 Å². The predicted octanol–water partition coefficient (Wildman–Crippen LogP) is 3.63. The van der Waals surface area contributed by atoms with E-state index < -0.39 is 0 Å². The Kier molecular flexibility index (Phi) is 5.68. The van der Waals surface area contributed by atoms with E-state index in [1.165, 1.54) is 0 Å². The second-order valence-electron chi connectivity index (χ2n) is 6.06. The molecule has 3 rings (SSSR count). The molecule has 132 valence electrons. The lowest BCUT2D eigenvalue weighted by Crippen LogP contribution is -2.28.